The Kier molecular flexibility index (Phi) is 5.48. The molecule has 0 N–H and O–H groups in total. The molecule has 1 aliphatic heterocycles. The van der Waals surface area contributed by atoms with Crippen molar-refractivity contribution in [3.63, 3.8) is 0 Å². The maximum absolute atomic E-state index is 13.2. The second kappa shape index (κ2) is 7.93. The van der Waals surface area contributed by atoms with Gasteiger partial charge in [0.05, 0.1) is 10.1 Å². The minimum atomic E-state index is -3.72. The zero-order valence-corrected chi connectivity index (χ0v) is 18.1. The van der Waals surface area contributed by atoms with Crippen LogP contribution < -0.4 is 0 Å². The van der Waals surface area contributed by atoms with Crippen LogP contribution in [0.3, 0.4) is 0 Å². The van der Waals surface area contributed by atoms with E-state index in [0.717, 1.165) is 11.1 Å². The Morgan fingerprint density at radius 3 is 2.20 bits per heavy atom. The normalized spacial score (nSPS) is 16.6. The van der Waals surface area contributed by atoms with Crippen molar-refractivity contribution < 1.29 is 16.8 Å². The SMILES string of the molecule is Cn1cnnc1S(=O)(=O)C1CCN(S(=O)(=O)c2cccc(-c3ccccc3)c2)CC1. The molecule has 0 saturated carbocycles. The van der Waals surface area contributed by atoms with E-state index in [0.29, 0.717) is 0 Å². The van der Waals surface area contributed by atoms with Crippen molar-refractivity contribution in [1.29, 1.82) is 0 Å². The summed E-state index contributed by atoms with van der Waals surface area (Å²) >= 11 is 0. The zero-order valence-electron chi connectivity index (χ0n) is 16.4. The summed E-state index contributed by atoms with van der Waals surface area (Å²) in [5.41, 5.74) is 1.75. The molecule has 1 aliphatic rings. The molecular formula is C20H22N4O4S2. The van der Waals surface area contributed by atoms with Gasteiger partial charge in [-0.25, -0.2) is 16.8 Å². The molecule has 0 spiro atoms. The Labute approximate surface area is 176 Å². The van der Waals surface area contributed by atoms with Gasteiger partial charge in [-0.1, -0.05) is 42.5 Å². The number of nitrogens with zero attached hydrogens (tertiary/aromatic N) is 4. The molecule has 0 aliphatic carbocycles. The third kappa shape index (κ3) is 3.78. The van der Waals surface area contributed by atoms with Crippen molar-refractivity contribution in [3.8, 4) is 11.1 Å². The fourth-order valence-corrected chi connectivity index (χ4v) is 6.93. The lowest BCUT2D eigenvalue weighted by atomic mass is 10.1. The number of aryl methyl sites for hydroxylation is 1. The van der Waals surface area contributed by atoms with Crippen molar-refractivity contribution in [3.05, 3.63) is 60.9 Å². The smallest absolute Gasteiger partial charge is 0.249 e. The number of sulfone groups is 1. The minimum absolute atomic E-state index is 0.0839. The molecule has 2 aromatic carbocycles. The molecule has 10 heteroatoms. The van der Waals surface area contributed by atoms with Crippen LogP contribution in [0.4, 0.5) is 0 Å². The molecular weight excluding hydrogens is 424 g/mol. The molecule has 0 atom stereocenters. The van der Waals surface area contributed by atoms with Gasteiger partial charge in [0.2, 0.25) is 25.0 Å². The number of benzene rings is 2. The first kappa shape index (κ1) is 20.7. The molecule has 158 valence electrons. The molecule has 1 aromatic heterocycles. The third-order valence-corrected chi connectivity index (χ3v) is 9.47. The Morgan fingerprint density at radius 1 is 0.900 bits per heavy atom. The van der Waals surface area contributed by atoms with Gasteiger partial charge < -0.3 is 4.57 Å². The first-order valence-corrected chi connectivity index (χ1v) is 12.5. The quantitative estimate of drug-likeness (QED) is 0.595. The summed E-state index contributed by atoms with van der Waals surface area (Å²) in [6.07, 6.45) is 1.77. The van der Waals surface area contributed by atoms with Crippen LogP contribution in [-0.4, -0.2) is 54.2 Å². The summed E-state index contributed by atoms with van der Waals surface area (Å²) < 4.78 is 54.7. The highest BCUT2D eigenvalue weighted by atomic mass is 32.2. The summed E-state index contributed by atoms with van der Waals surface area (Å²) in [5.74, 6) is 0. The minimum Gasteiger partial charge on any atom is -0.308 e. The summed E-state index contributed by atoms with van der Waals surface area (Å²) in [4.78, 5) is 0.207. The van der Waals surface area contributed by atoms with Crippen LogP contribution in [0.25, 0.3) is 11.1 Å². The van der Waals surface area contributed by atoms with Crippen molar-refractivity contribution in [2.45, 2.75) is 28.1 Å². The second-order valence-electron chi connectivity index (χ2n) is 7.27. The van der Waals surface area contributed by atoms with Crippen LogP contribution in [0.2, 0.25) is 0 Å². The van der Waals surface area contributed by atoms with Gasteiger partial charge in [0.15, 0.2) is 0 Å². The lowest BCUT2D eigenvalue weighted by Crippen LogP contribution is -2.42. The Balaban J connectivity index is 1.53. The van der Waals surface area contributed by atoms with Crippen molar-refractivity contribution in [2.75, 3.05) is 13.1 Å². The number of piperidine rings is 1. The van der Waals surface area contributed by atoms with Gasteiger partial charge in [0.25, 0.3) is 0 Å². The maximum Gasteiger partial charge on any atom is 0.249 e. The number of rotatable bonds is 5. The Hall–Kier alpha value is -2.56. The number of hydrogen-bond donors (Lipinski definition) is 0. The molecule has 0 unspecified atom stereocenters. The van der Waals surface area contributed by atoms with Crippen LogP contribution in [0.1, 0.15) is 12.8 Å². The fourth-order valence-electron chi connectivity index (χ4n) is 3.68. The lowest BCUT2D eigenvalue weighted by Gasteiger charge is -2.30. The molecule has 1 fully saturated rings. The molecule has 0 bridgehead atoms. The van der Waals surface area contributed by atoms with Crippen LogP contribution in [-0.2, 0) is 26.9 Å². The zero-order chi connectivity index (χ0) is 21.4. The highest BCUT2D eigenvalue weighted by Crippen LogP contribution is 2.28. The van der Waals surface area contributed by atoms with E-state index in [1.54, 1.807) is 25.2 Å². The van der Waals surface area contributed by atoms with Gasteiger partial charge in [0.1, 0.15) is 6.33 Å². The van der Waals surface area contributed by atoms with Crippen LogP contribution in [0, 0.1) is 0 Å². The van der Waals surface area contributed by atoms with Gasteiger partial charge in [-0.15, -0.1) is 10.2 Å². The van der Waals surface area contributed by atoms with Gasteiger partial charge in [-0.2, -0.15) is 4.31 Å². The van der Waals surface area contributed by atoms with Crippen LogP contribution in [0.15, 0.2) is 71.0 Å². The monoisotopic (exact) mass is 446 g/mol. The van der Waals surface area contributed by atoms with E-state index in [9.17, 15) is 16.8 Å². The maximum atomic E-state index is 13.2. The van der Waals surface area contributed by atoms with E-state index in [1.165, 1.54) is 15.2 Å². The fraction of sp³-hybridized carbons (Fsp3) is 0.300. The molecule has 30 heavy (non-hydrogen) atoms. The summed E-state index contributed by atoms with van der Waals surface area (Å²) in [6.45, 7) is 0.277. The van der Waals surface area contributed by atoms with E-state index in [4.69, 9.17) is 0 Å². The topological polar surface area (TPSA) is 102 Å². The Bertz CT molecular complexity index is 1250. The van der Waals surface area contributed by atoms with E-state index in [2.05, 4.69) is 10.2 Å². The van der Waals surface area contributed by atoms with E-state index < -0.39 is 25.1 Å². The predicted octanol–water partition coefficient (Wildman–Crippen LogP) is 2.11. The molecule has 4 rings (SSSR count). The highest BCUT2D eigenvalue weighted by Gasteiger charge is 2.37. The molecule has 0 amide bonds. The largest absolute Gasteiger partial charge is 0.308 e. The molecule has 1 saturated heterocycles. The van der Waals surface area contributed by atoms with Crippen LogP contribution >= 0.6 is 0 Å². The van der Waals surface area contributed by atoms with Gasteiger partial charge >= 0.3 is 0 Å². The predicted molar refractivity (Wildman–Crippen MR) is 112 cm³/mol. The number of sulfonamides is 1. The van der Waals surface area contributed by atoms with E-state index in [-0.39, 0.29) is 36.0 Å². The summed E-state index contributed by atoms with van der Waals surface area (Å²) in [5, 5.41) is 6.58. The standard InChI is InChI=1S/C20H22N4O4S2/c1-23-15-21-22-20(23)29(25,26)18-10-12-24(13-11-18)30(27,28)19-9-5-8-17(14-19)16-6-3-2-4-7-16/h2-9,14-15,18H,10-13H2,1H3. The molecule has 8 nitrogen and oxygen atoms in total. The van der Waals surface area contributed by atoms with Crippen molar-refractivity contribution in [1.82, 2.24) is 19.1 Å². The average molecular weight is 447 g/mol. The first-order chi connectivity index (χ1) is 14.3. The number of aromatic nitrogens is 3. The highest BCUT2D eigenvalue weighted by molar-refractivity contribution is 7.92. The summed E-state index contributed by atoms with van der Waals surface area (Å²) in [7, 11) is -5.80. The lowest BCUT2D eigenvalue weighted by molar-refractivity contribution is 0.344. The third-order valence-electron chi connectivity index (χ3n) is 5.34. The van der Waals surface area contributed by atoms with Crippen molar-refractivity contribution in [2.24, 2.45) is 7.05 Å². The van der Waals surface area contributed by atoms with Crippen LogP contribution in [0.5, 0.6) is 0 Å². The first-order valence-electron chi connectivity index (χ1n) is 9.54. The number of hydrogen-bond acceptors (Lipinski definition) is 6. The van der Waals surface area contributed by atoms with E-state index >= 15 is 0 Å². The Morgan fingerprint density at radius 2 is 1.57 bits per heavy atom. The van der Waals surface area contributed by atoms with Gasteiger partial charge in [0, 0.05) is 20.1 Å². The van der Waals surface area contributed by atoms with Crippen molar-refractivity contribution >= 4 is 19.9 Å². The molecule has 2 heterocycles. The van der Waals surface area contributed by atoms with E-state index in [1.807, 2.05) is 36.4 Å². The molecule has 3 aromatic rings. The average Bonchev–Trinajstić information content (AvgIpc) is 3.21. The molecule has 0 radical (unpaired) electrons. The second-order valence-corrected chi connectivity index (χ2v) is 11.3. The summed E-state index contributed by atoms with van der Waals surface area (Å²) in [6, 6.07) is 16.4. The van der Waals surface area contributed by atoms with Gasteiger partial charge in [-0.05, 0) is 36.1 Å². The van der Waals surface area contributed by atoms with Gasteiger partial charge in [-0.3, -0.25) is 0 Å².